The fourth-order valence-electron chi connectivity index (χ4n) is 2.08. The van der Waals surface area contributed by atoms with Crippen LogP contribution in [0.15, 0.2) is 44.9 Å². The summed E-state index contributed by atoms with van der Waals surface area (Å²) in [5.74, 6) is 0. The molecule has 0 fully saturated rings. The SMILES string of the molecule is O=c1[nH][nH]c(=O)c2cc3c(N=C=S)cccc3cc12. The Hall–Kier alpha value is -2.56. The van der Waals surface area contributed by atoms with Crippen LogP contribution in [-0.4, -0.2) is 15.4 Å². The van der Waals surface area contributed by atoms with Gasteiger partial charge in [0.1, 0.15) is 0 Å². The molecular formula is C13H7N3O2S. The number of benzene rings is 2. The lowest BCUT2D eigenvalue weighted by atomic mass is 10.0. The molecule has 2 N–H and O–H groups in total. The van der Waals surface area contributed by atoms with Crippen molar-refractivity contribution in [3.8, 4) is 0 Å². The van der Waals surface area contributed by atoms with E-state index in [9.17, 15) is 9.59 Å². The molecule has 2 aromatic carbocycles. The molecule has 0 aliphatic rings. The predicted octanol–water partition coefficient (Wildman–Crippen LogP) is 2.10. The Bertz CT molecular complexity index is 965. The summed E-state index contributed by atoms with van der Waals surface area (Å²) in [5.41, 5.74) is -0.0630. The van der Waals surface area contributed by atoms with E-state index in [2.05, 4.69) is 32.6 Å². The second-order valence-corrected chi connectivity index (χ2v) is 4.19. The number of rotatable bonds is 1. The van der Waals surface area contributed by atoms with E-state index in [-0.39, 0.29) is 11.1 Å². The molecule has 0 saturated heterocycles. The number of hydrogen-bond acceptors (Lipinski definition) is 4. The normalized spacial score (nSPS) is 10.5. The largest absolute Gasteiger partial charge is 0.270 e. The zero-order valence-electron chi connectivity index (χ0n) is 9.56. The second-order valence-electron chi connectivity index (χ2n) is 4.01. The summed E-state index contributed by atoms with van der Waals surface area (Å²) in [6.45, 7) is 0. The first-order valence-corrected chi connectivity index (χ1v) is 5.87. The van der Waals surface area contributed by atoms with Gasteiger partial charge in [-0.1, -0.05) is 12.1 Å². The number of aliphatic imine (C=N–C) groups is 1. The van der Waals surface area contributed by atoms with Crippen molar-refractivity contribution in [1.82, 2.24) is 10.2 Å². The Labute approximate surface area is 111 Å². The van der Waals surface area contributed by atoms with Crippen LogP contribution in [0.1, 0.15) is 0 Å². The zero-order valence-corrected chi connectivity index (χ0v) is 10.4. The summed E-state index contributed by atoms with van der Waals surface area (Å²) >= 11 is 4.60. The molecule has 1 aromatic heterocycles. The van der Waals surface area contributed by atoms with Crippen LogP contribution < -0.4 is 11.1 Å². The summed E-state index contributed by atoms with van der Waals surface area (Å²) in [6.07, 6.45) is 0. The summed E-state index contributed by atoms with van der Waals surface area (Å²) in [7, 11) is 0. The van der Waals surface area contributed by atoms with Gasteiger partial charge in [-0.3, -0.25) is 19.8 Å². The van der Waals surface area contributed by atoms with Gasteiger partial charge in [-0.05, 0) is 35.8 Å². The van der Waals surface area contributed by atoms with Crippen LogP contribution in [0.25, 0.3) is 21.5 Å². The highest BCUT2D eigenvalue weighted by molar-refractivity contribution is 7.78. The van der Waals surface area contributed by atoms with Gasteiger partial charge in [-0.2, -0.15) is 4.99 Å². The van der Waals surface area contributed by atoms with E-state index in [0.29, 0.717) is 16.5 Å². The molecule has 0 bridgehead atoms. The number of hydrogen-bond donors (Lipinski definition) is 2. The summed E-state index contributed by atoms with van der Waals surface area (Å²) < 4.78 is 0. The Morgan fingerprint density at radius 3 is 2.37 bits per heavy atom. The summed E-state index contributed by atoms with van der Waals surface area (Å²) in [4.78, 5) is 27.4. The van der Waals surface area contributed by atoms with Crippen molar-refractivity contribution in [1.29, 1.82) is 0 Å². The van der Waals surface area contributed by atoms with Crippen LogP contribution in [0, 0.1) is 0 Å². The quantitative estimate of drug-likeness (QED) is 0.403. The van der Waals surface area contributed by atoms with Gasteiger partial charge in [-0.25, -0.2) is 0 Å². The van der Waals surface area contributed by atoms with Crippen molar-refractivity contribution < 1.29 is 0 Å². The molecule has 0 radical (unpaired) electrons. The molecule has 92 valence electrons. The average molecular weight is 269 g/mol. The highest BCUT2D eigenvalue weighted by Gasteiger charge is 2.07. The number of nitrogens with one attached hydrogen (secondary N) is 2. The Kier molecular flexibility index (Phi) is 2.59. The predicted molar refractivity (Wildman–Crippen MR) is 77.4 cm³/mol. The lowest BCUT2D eigenvalue weighted by molar-refractivity contribution is 0.977. The molecule has 5 nitrogen and oxygen atoms in total. The van der Waals surface area contributed by atoms with Crippen LogP contribution in [0.2, 0.25) is 0 Å². The summed E-state index contributed by atoms with van der Waals surface area (Å²) in [5, 5.41) is 9.14. The van der Waals surface area contributed by atoms with Gasteiger partial charge in [-0.15, -0.1) is 0 Å². The number of aromatic nitrogens is 2. The second kappa shape index (κ2) is 4.28. The standard InChI is InChI=1S/C13H7N3O2S/c17-12-9-4-7-2-1-3-11(14-6-19)8(7)5-10(9)13(18)16-15-12/h1-5H,(H,15,17)(H,16,18). The number of isothiocyanates is 1. The van der Waals surface area contributed by atoms with E-state index in [1.54, 1.807) is 24.3 Å². The summed E-state index contributed by atoms with van der Waals surface area (Å²) in [6, 6.07) is 8.74. The van der Waals surface area contributed by atoms with Gasteiger partial charge in [0.2, 0.25) is 0 Å². The van der Waals surface area contributed by atoms with E-state index >= 15 is 0 Å². The first-order chi connectivity index (χ1) is 9.20. The van der Waals surface area contributed by atoms with Crippen molar-refractivity contribution >= 4 is 44.6 Å². The molecule has 3 rings (SSSR count). The third-order valence-corrected chi connectivity index (χ3v) is 3.03. The van der Waals surface area contributed by atoms with E-state index in [4.69, 9.17) is 0 Å². The monoisotopic (exact) mass is 269 g/mol. The Balaban J connectivity index is 2.60. The van der Waals surface area contributed by atoms with Crippen molar-refractivity contribution in [3.63, 3.8) is 0 Å². The van der Waals surface area contributed by atoms with Gasteiger partial charge in [0.05, 0.1) is 21.6 Å². The lowest BCUT2D eigenvalue weighted by Gasteiger charge is -2.03. The molecule has 0 aliphatic carbocycles. The Morgan fingerprint density at radius 2 is 1.68 bits per heavy atom. The molecule has 0 amide bonds. The smallest absolute Gasteiger partial charge is 0.267 e. The number of thiocarbonyl (C=S) groups is 1. The van der Waals surface area contributed by atoms with E-state index < -0.39 is 0 Å². The van der Waals surface area contributed by atoms with Gasteiger partial charge >= 0.3 is 0 Å². The zero-order chi connectivity index (χ0) is 13.4. The van der Waals surface area contributed by atoms with Crippen LogP contribution in [0.4, 0.5) is 5.69 Å². The van der Waals surface area contributed by atoms with Crippen LogP contribution in [-0.2, 0) is 0 Å². The lowest BCUT2D eigenvalue weighted by Crippen LogP contribution is -2.18. The van der Waals surface area contributed by atoms with Gasteiger partial charge in [0.25, 0.3) is 11.1 Å². The van der Waals surface area contributed by atoms with Crippen LogP contribution in [0.5, 0.6) is 0 Å². The molecule has 3 aromatic rings. The third-order valence-electron chi connectivity index (χ3n) is 2.94. The minimum Gasteiger partial charge on any atom is -0.267 e. The maximum absolute atomic E-state index is 11.8. The molecule has 0 aliphatic heterocycles. The molecule has 0 spiro atoms. The molecule has 0 saturated carbocycles. The number of aromatic amines is 2. The van der Waals surface area contributed by atoms with Crippen molar-refractivity contribution in [3.05, 3.63) is 51.0 Å². The molecule has 19 heavy (non-hydrogen) atoms. The molecule has 6 heteroatoms. The number of H-pyrrole nitrogens is 2. The first-order valence-electron chi connectivity index (χ1n) is 5.46. The van der Waals surface area contributed by atoms with Crippen LogP contribution >= 0.6 is 12.2 Å². The van der Waals surface area contributed by atoms with Crippen molar-refractivity contribution in [2.45, 2.75) is 0 Å². The fraction of sp³-hybridized carbons (Fsp3) is 0. The van der Waals surface area contributed by atoms with Crippen molar-refractivity contribution in [2.75, 3.05) is 0 Å². The topological polar surface area (TPSA) is 78.1 Å². The molecule has 0 unspecified atom stereocenters. The minimum atomic E-state index is -0.349. The van der Waals surface area contributed by atoms with E-state index in [1.165, 1.54) is 0 Å². The van der Waals surface area contributed by atoms with E-state index in [0.717, 1.165) is 10.8 Å². The number of nitrogens with zero attached hydrogens (tertiary/aromatic N) is 1. The third kappa shape index (κ3) is 1.79. The fourth-order valence-corrected chi connectivity index (χ4v) is 2.18. The molecule has 1 heterocycles. The minimum absolute atomic E-state index is 0.322. The Morgan fingerprint density at radius 1 is 1.00 bits per heavy atom. The van der Waals surface area contributed by atoms with Gasteiger partial charge < -0.3 is 0 Å². The van der Waals surface area contributed by atoms with E-state index in [1.807, 2.05) is 6.07 Å². The number of fused-ring (bicyclic) bond motifs is 2. The van der Waals surface area contributed by atoms with Crippen LogP contribution in [0.3, 0.4) is 0 Å². The highest BCUT2D eigenvalue weighted by Crippen LogP contribution is 2.27. The maximum atomic E-state index is 11.8. The highest BCUT2D eigenvalue weighted by atomic mass is 32.1. The first kappa shape index (κ1) is 11.5. The van der Waals surface area contributed by atoms with Gasteiger partial charge in [0, 0.05) is 5.39 Å². The average Bonchev–Trinajstić information content (AvgIpc) is 2.42. The molecular weight excluding hydrogens is 262 g/mol. The molecule has 0 atom stereocenters. The van der Waals surface area contributed by atoms with Gasteiger partial charge in [0.15, 0.2) is 0 Å². The van der Waals surface area contributed by atoms with Crippen molar-refractivity contribution in [2.24, 2.45) is 4.99 Å². The maximum Gasteiger partial charge on any atom is 0.270 e.